The monoisotopic (exact) mass is 286 g/mol. The average Bonchev–Trinajstić information content (AvgIpc) is 3.01. The summed E-state index contributed by atoms with van der Waals surface area (Å²) in [5, 5.41) is 14.5. The Morgan fingerprint density at radius 2 is 1.85 bits per heavy atom. The molecule has 1 heterocycles. The molecule has 4 heteroatoms. The van der Waals surface area contributed by atoms with E-state index in [1.54, 1.807) is 12.1 Å². The van der Waals surface area contributed by atoms with Crippen LogP contribution in [0.4, 0.5) is 0 Å². The van der Waals surface area contributed by atoms with Crippen molar-refractivity contribution < 1.29 is 5.11 Å². The third kappa shape index (κ3) is 2.55. The molecule has 0 fully saturated rings. The van der Waals surface area contributed by atoms with Crippen molar-refractivity contribution in [1.29, 1.82) is 0 Å². The highest BCUT2D eigenvalue weighted by molar-refractivity contribution is 6.30. The number of hydrogen-bond donors (Lipinski definition) is 2. The lowest BCUT2D eigenvalue weighted by molar-refractivity contribution is 0.220. The van der Waals surface area contributed by atoms with Gasteiger partial charge in [-0.3, -0.25) is 4.99 Å². The topological polar surface area (TPSA) is 44.6 Å². The van der Waals surface area contributed by atoms with Gasteiger partial charge in [-0.05, 0) is 23.3 Å². The van der Waals surface area contributed by atoms with Gasteiger partial charge in [0.05, 0.1) is 6.54 Å². The number of aliphatic imine (C=N–C) groups is 1. The standard InChI is InChI=1S/C16H15ClN2O/c17-12-7-5-11(6-8-12)15(20)13-3-1-2-4-14(13)16-18-9-10-19-16/h1-8,15,20H,9-10H2,(H,18,19). The summed E-state index contributed by atoms with van der Waals surface area (Å²) < 4.78 is 0. The maximum absolute atomic E-state index is 10.6. The molecule has 0 aliphatic carbocycles. The maximum atomic E-state index is 10.6. The largest absolute Gasteiger partial charge is 0.384 e. The summed E-state index contributed by atoms with van der Waals surface area (Å²) in [5.41, 5.74) is 2.62. The van der Waals surface area contributed by atoms with Gasteiger partial charge >= 0.3 is 0 Å². The Balaban J connectivity index is 1.99. The van der Waals surface area contributed by atoms with Crippen molar-refractivity contribution in [3.63, 3.8) is 0 Å². The lowest BCUT2D eigenvalue weighted by atomic mass is 9.96. The number of aliphatic hydroxyl groups is 1. The first-order chi connectivity index (χ1) is 9.75. The van der Waals surface area contributed by atoms with Gasteiger partial charge in [0.15, 0.2) is 0 Å². The highest BCUT2D eigenvalue weighted by Gasteiger charge is 2.18. The highest BCUT2D eigenvalue weighted by Crippen LogP contribution is 2.26. The molecule has 3 nitrogen and oxygen atoms in total. The lowest BCUT2D eigenvalue weighted by Crippen LogP contribution is -2.21. The molecular formula is C16H15ClN2O. The van der Waals surface area contributed by atoms with Crippen LogP contribution < -0.4 is 5.32 Å². The Morgan fingerprint density at radius 1 is 1.10 bits per heavy atom. The van der Waals surface area contributed by atoms with Gasteiger partial charge in [0.2, 0.25) is 0 Å². The van der Waals surface area contributed by atoms with Crippen LogP contribution in [0.5, 0.6) is 0 Å². The molecule has 1 aliphatic rings. The predicted octanol–water partition coefficient (Wildman–Crippen LogP) is 2.77. The van der Waals surface area contributed by atoms with Crippen LogP contribution in [0.15, 0.2) is 53.5 Å². The highest BCUT2D eigenvalue weighted by atomic mass is 35.5. The second-order valence-corrected chi connectivity index (χ2v) is 5.13. The number of rotatable bonds is 3. The van der Waals surface area contributed by atoms with Crippen LogP contribution in [0.25, 0.3) is 0 Å². The smallest absolute Gasteiger partial charge is 0.128 e. The zero-order valence-electron chi connectivity index (χ0n) is 10.9. The number of halogens is 1. The summed E-state index contributed by atoms with van der Waals surface area (Å²) in [6, 6.07) is 15.0. The Morgan fingerprint density at radius 3 is 2.55 bits per heavy atom. The van der Waals surface area contributed by atoms with Gasteiger partial charge in [-0.2, -0.15) is 0 Å². The number of nitrogens with one attached hydrogen (secondary N) is 1. The summed E-state index contributed by atoms with van der Waals surface area (Å²) in [7, 11) is 0. The molecule has 2 aromatic carbocycles. The minimum absolute atomic E-state index is 0.663. The zero-order valence-corrected chi connectivity index (χ0v) is 11.6. The maximum Gasteiger partial charge on any atom is 0.128 e. The third-order valence-electron chi connectivity index (χ3n) is 3.37. The fourth-order valence-electron chi connectivity index (χ4n) is 2.35. The molecule has 0 saturated carbocycles. The van der Waals surface area contributed by atoms with Crippen LogP contribution >= 0.6 is 11.6 Å². The van der Waals surface area contributed by atoms with Gasteiger partial charge in [0, 0.05) is 17.1 Å². The van der Waals surface area contributed by atoms with Crippen LogP contribution in [0.2, 0.25) is 5.02 Å². The first-order valence-corrected chi connectivity index (χ1v) is 6.94. The lowest BCUT2D eigenvalue weighted by Gasteiger charge is -2.16. The van der Waals surface area contributed by atoms with E-state index in [0.29, 0.717) is 5.02 Å². The molecule has 2 aromatic rings. The summed E-state index contributed by atoms with van der Waals surface area (Å²) in [4.78, 5) is 4.43. The fourth-order valence-corrected chi connectivity index (χ4v) is 2.48. The number of benzene rings is 2. The SMILES string of the molecule is OC(c1ccc(Cl)cc1)c1ccccc1C1=NCCN1. The van der Waals surface area contributed by atoms with E-state index >= 15 is 0 Å². The molecule has 0 amide bonds. The van der Waals surface area contributed by atoms with E-state index in [9.17, 15) is 5.11 Å². The van der Waals surface area contributed by atoms with Gasteiger partial charge in [-0.25, -0.2) is 0 Å². The third-order valence-corrected chi connectivity index (χ3v) is 3.62. The van der Waals surface area contributed by atoms with E-state index in [1.807, 2.05) is 36.4 Å². The predicted molar refractivity (Wildman–Crippen MR) is 81.4 cm³/mol. The Kier molecular flexibility index (Phi) is 3.72. The van der Waals surface area contributed by atoms with E-state index < -0.39 is 6.10 Å². The van der Waals surface area contributed by atoms with Crippen molar-refractivity contribution in [2.24, 2.45) is 4.99 Å². The van der Waals surface area contributed by atoms with E-state index in [-0.39, 0.29) is 0 Å². The normalized spacial score (nSPS) is 15.6. The van der Waals surface area contributed by atoms with Crippen molar-refractivity contribution in [1.82, 2.24) is 5.32 Å². The van der Waals surface area contributed by atoms with Crippen molar-refractivity contribution in [2.75, 3.05) is 13.1 Å². The molecule has 0 bridgehead atoms. The first kappa shape index (κ1) is 13.2. The Labute approximate surface area is 122 Å². The van der Waals surface area contributed by atoms with Crippen LogP contribution in [0.1, 0.15) is 22.8 Å². The van der Waals surface area contributed by atoms with Crippen LogP contribution in [0.3, 0.4) is 0 Å². The molecular weight excluding hydrogens is 272 g/mol. The van der Waals surface area contributed by atoms with Crippen molar-refractivity contribution in [3.8, 4) is 0 Å². The molecule has 1 aliphatic heterocycles. The summed E-state index contributed by atoms with van der Waals surface area (Å²) in [6.07, 6.45) is -0.687. The molecule has 20 heavy (non-hydrogen) atoms. The Bertz CT molecular complexity index is 637. The molecule has 0 aromatic heterocycles. The van der Waals surface area contributed by atoms with Gasteiger partial charge < -0.3 is 10.4 Å². The summed E-state index contributed by atoms with van der Waals surface area (Å²) in [5.74, 6) is 0.855. The minimum Gasteiger partial charge on any atom is -0.384 e. The van der Waals surface area contributed by atoms with E-state index in [2.05, 4.69) is 10.3 Å². The average molecular weight is 287 g/mol. The molecule has 2 N–H and O–H groups in total. The molecule has 1 unspecified atom stereocenters. The van der Waals surface area contributed by atoms with Crippen molar-refractivity contribution >= 4 is 17.4 Å². The molecule has 0 saturated heterocycles. The second kappa shape index (κ2) is 5.65. The molecule has 0 radical (unpaired) electrons. The molecule has 102 valence electrons. The number of aliphatic hydroxyl groups excluding tert-OH is 1. The summed E-state index contributed by atoms with van der Waals surface area (Å²) >= 11 is 5.89. The van der Waals surface area contributed by atoms with Crippen LogP contribution in [-0.4, -0.2) is 24.0 Å². The van der Waals surface area contributed by atoms with E-state index in [1.165, 1.54) is 0 Å². The quantitative estimate of drug-likeness (QED) is 0.911. The molecule has 0 spiro atoms. The van der Waals surface area contributed by atoms with Crippen LogP contribution in [0, 0.1) is 0 Å². The summed E-state index contributed by atoms with van der Waals surface area (Å²) in [6.45, 7) is 1.63. The number of hydrogen-bond acceptors (Lipinski definition) is 3. The first-order valence-electron chi connectivity index (χ1n) is 6.57. The molecule has 1 atom stereocenters. The van der Waals surface area contributed by atoms with Crippen LogP contribution in [-0.2, 0) is 0 Å². The zero-order chi connectivity index (χ0) is 13.9. The van der Waals surface area contributed by atoms with Gasteiger partial charge in [0.25, 0.3) is 0 Å². The fraction of sp³-hybridized carbons (Fsp3) is 0.188. The molecule has 3 rings (SSSR count). The van der Waals surface area contributed by atoms with E-state index in [4.69, 9.17) is 11.6 Å². The number of amidine groups is 1. The van der Waals surface area contributed by atoms with Gasteiger partial charge in [0.1, 0.15) is 11.9 Å². The van der Waals surface area contributed by atoms with Gasteiger partial charge in [-0.1, -0.05) is 48.0 Å². The van der Waals surface area contributed by atoms with Gasteiger partial charge in [-0.15, -0.1) is 0 Å². The van der Waals surface area contributed by atoms with Crippen molar-refractivity contribution in [2.45, 2.75) is 6.10 Å². The van der Waals surface area contributed by atoms with E-state index in [0.717, 1.165) is 35.6 Å². The van der Waals surface area contributed by atoms with Crippen molar-refractivity contribution in [3.05, 3.63) is 70.2 Å². The minimum atomic E-state index is -0.687. The second-order valence-electron chi connectivity index (χ2n) is 4.70. The number of nitrogens with zero attached hydrogens (tertiary/aromatic N) is 1. The Hall–Kier alpha value is -1.84.